The van der Waals surface area contributed by atoms with Crippen molar-refractivity contribution in [2.45, 2.75) is 32.9 Å². The minimum absolute atomic E-state index is 0.244. The highest BCUT2D eigenvalue weighted by atomic mass is 16.6. The second-order valence-corrected chi connectivity index (χ2v) is 6.93. The topological polar surface area (TPSA) is 97.6 Å². The Morgan fingerprint density at radius 2 is 1.81 bits per heavy atom. The summed E-state index contributed by atoms with van der Waals surface area (Å²) in [5.41, 5.74) is 1.16. The van der Waals surface area contributed by atoms with E-state index in [0.29, 0.717) is 17.1 Å². The van der Waals surface area contributed by atoms with Gasteiger partial charge in [-0.05, 0) is 57.2 Å². The molecule has 8 nitrogen and oxygen atoms in total. The van der Waals surface area contributed by atoms with Crippen LogP contribution >= 0.6 is 0 Å². The molecule has 2 heterocycles. The number of anilines is 1. The first-order valence-electron chi connectivity index (χ1n) is 8.49. The quantitative estimate of drug-likeness (QED) is 0.739. The summed E-state index contributed by atoms with van der Waals surface area (Å²) >= 11 is 0. The highest BCUT2D eigenvalue weighted by Crippen LogP contribution is 2.13. The Kier molecular flexibility index (Phi) is 5.07. The maximum atomic E-state index is 12.3. The van der Waals surface area contributed by atoms with Crippen LogP contribution in [-0.2, 0) is 11.3 Å². The maximum Gasteiger partial charge on any atom is 0.412 e. The number of fused-ring (bicyclic) bond motifs is 1. The Morgan fingerprint density at radius 3 is 2.52 bits per heavy atom. The fraction of sp³-hybridized carbons (Fsp3) is 0.263. The minimum atomic E-state index is -0.574. The monoisotopic (exact) mass is 367 g/mol. The van der Waals surface area contributed by atoms with Gasteiger partial charge in [0.1, 0.15) is 5.60 Å². The predicted molar refractivity (Wildman–Crippen MR) is 100 cm³/mol. The molecule has 2 amide bonds. The molecule has 0 bridgehead atoms. The summed E-state index contributed by atoms with van der Waals surface area (Å²) in [4.78, 5) is 24.1. The number of rotatable bonds is 4. The number of hydrogen-bond acceptors (Lipinski definition) is 5. The molecule has 0 saturated heterocycles. The summed E-state index contributed by atoms with van der Waals surface area (Å²) < 4.78 is 7.00. The minimum Gasteiger partial charge on any atom is -0.444 e. The van der Waals surface area contributed by atoms with Crippen LogP contribution in [0.25, 0.3) is 5.65 Å². The van der Waals surface area contributed by atoms with Crippen molar-refractivity contribution in [1.29, 1.82) is 0 Å². The van der Waals surface area contributed by atoms with E-state index in [0.717, 1.165) is 5.65 Å². The van der Waals surface area contributed by atoms with Gasteiger partial charge in [0, 0.05) is 17.4 Å². The maximum absolute atomic E-state index is 12.3. The highest BCUT2D eigenvalue weighted by molar-refractivity contribution is 5.95. The van der Waals surface area contributed by atoms with E-state index in [1.54, 1.807) is 45.0 Å². The van der Waals surface area contributed by atoms with Crippen LogP contribution in [0, 0.1) is 0 Å². The lowest BCUT2D eigenvalue weighted by Gasteiger charge is -2.19. The van der Waals surface area contributed by atoms with Gasteiger partial charge in [0.15, 0.2) is 11.5 Å². The van der Waals surface area contributed by atoms with Gasteiger partial charge in [0.25, 0.3) is 5.91 Å². The van der Waals surface area contributed by atoms with E-state index in [9.17, 15) is 9.59 Å². The van der Waals surface area contributed by atoms with E-state index in [1.165, 1.54) is 0 Å². The molecule has 0 aliphatic heterocycles. The average Bonchev–Trinajstić information content (AvgIpc) is 3.02. The SMILES string of the molecule is CC(C)(C)OC(=O)Nc1ccc(C(=O)NCc2nnc3ccccn23)cc1. The number of carbonyl (C=O) groups is 2. The smallest absolute Gasteiger partial charge is 0.412 e. The molecule has 0 aliphatic carbocycles. The number of ether oxygens (including phenoxy) is 1. The summed E-state index contributed by atoms with van der Waals surface area (Å²) in [5.74, 6) is 0.397. The van der Waals surface area contributed by atoms with Gasteiger partial charge in [-0.15, -0.1) is 10.2 Å². The van der Waals surface area contributed by atoms with E-state index in [-0.39, 0.29) is 12.5 Å². The summed E-state index contributed by atoms with van der Waals surface area (Å²) in [7, 11) is 0. The standard InChI is InChI=1S/C19H21N5O3/c1-19(2,3)27-18(26)21-14-9-7-13(8-10-14)17(25)20-12-16-23-22-15-6-4-5-11-24(15)16/h4-11H,12H2,1-3H3,(H,20,25)(H,21,26). The number of carbonyl (C=O) groups excluding carboxylic acids is 2. The van der Waals surface area contributed by atoms with Gasteiger partial charge >= 0.3 is 6.09 Å². The lowest BCUT2D eigenvalue weighted by Crippen LogP contribution is -2.27. The second-order valence-electron chi connectivity index (χ2n) is 6.93. The Morgan fingerprint density at radius 1 is 1.07 bits per heavy atom. The molecule has 0 fully saturated rings. The molecule has 0 atom stereocenters. The Hall–Kier alpha value is -3.42. The van der Waals surface area contributed by atoms with Crippen LogP contribution in [0.5, 0.6) is 0 Å². The molecular weight excluding hydrogens is 346 g/mol. The van der Waals surface area contributed by atoms with E-state index in [1.807, 2.05) is 28.8 Å². The second kappa shape index (κ2) is 7.45. The Balaban J connectivity index is 1.58. The van der Waals surface area contributed by atoms with E-state index >= 15 is 0 Å². The van der Waals surface area contributed by atoms with Crippen molar-refractivity contribution in [2.24, 2.45) is 0 Å². The molecule has 0 unspecified atom stereocenters. The highest BCUT2D eigenvalue weighted by Gasteiger charge is 2.16. The zero-order valence-corrected chi connectivity index (χ0v) is 15.4. The van der Waals surface area contributed by atoms with Gasteiger partial charge in [-0.3, -0.25) is 14.5 Å². The first-order chi connectivity index (χ1) is 12.8. The predicted octanol–water partition coefficient (Wildman–Crippen LogP) is 3.01. The molecule has 8 heteroatoms. The third-order valence-corrected chi connectivity index (χ3v) is 3.58. The van der Waals surface area contributed by atoms with Crippen LogP contribution in [0.1, 0.15) is 37.0 Å². The number of nitrogens with zero attached hydrogens (tertiary/aromatic N) is 3. The normalized spacial score (nSPS) is 11.2. The van der Waals surface area contributed by atoms with Crippen LogP contribution in [0.4, 0.5) is 10.5 Å². The first kappa shape index (κ1) is 18.4. The van der Waals surface area contributed by atoms with Crippen molar-refractivity contribution in [2.75, 3.05) is 5.32 Å². The van der Waals surface area contributed by atoms with Crippen molar-refractivity contribution in [3.63, 3.8) is 0 Å². The van der Waals surface area contributed by atoms with Gasteiger partial charge in [-0.1, -0.05) is 6.07 Å². The summed E-state index contributed by atoms with van der Waals surface area (Å²) in [6.07, 6.45) is 1.30. The number of benzene rings is 1. The fourth-order valence-electron chi connectivity index (χ4n) is 2.40. The number of aromatic nitrogens is 3. The number of amides is 2. The Bertz CT molecular complexity index is 957. The van der Waals surface area contributed by atoms with E-state index in [2.05, 4.69) is 20.8 Å². The zero-order chi connectivity index (χ0) is 19.4. The molecule has 0 spiro atoms. The lowest BCUT2D eigenvalue weighted by atomic mass is 10.2. The molecule has 0 radical (unpaired) electrons. The van der Waals surface area contributed by atoms with Crippen LogP contribution < -0.4 is 10.6 Å². The first-order valence-corrected chi connectivity index (χ1v) is 8.49. The van der Waals surface area contributed by atoms with E-state index in [4.69, 9.17) is 4.74 Å². The molecule has 0 aliphatic rings. The van der Waals surface area contributed by atoms with Crippen LogP contribution in [0.2, 0.25) is 0 Å². The molecule has 27 heavy (non-hydrogen) atoms. The summed E-state index contributed by atoms with van der Waals surface area (Å²) in [6.45, 7) is 5.62. The van der Waals surface area contributed by atoms with Crippen molar-refractivity contribution >= 4 is 23.3 Å². The third-order valence-electron chi connectivity index (χ3n) is 3.58. The van der Waals surface area contributed by atoms with Crippen LogP contribution in [0.3, 0.4) is 0 Å². The lowest BCUT2D eigenvalue weighted by molar-refractivity contribution is 0.0635. The van der Waals surface area contributed by atoms with Crippen LogP contribution in [-0.4, -0.2) is 32.2 Å². The Labute approximate surface area is 156 Å². The van der Waals surface area contributed by atoms with Gasteiger partial charge in [0.2, 0.25) is 0 Å². The number of nitrogens with one attached hydrogen (secondary N) is 2. The van der Waals surface area contributed by atoms with Gasteiger partial charge in [-0.25, -0.2) is 4.79 Å². The molecule has 0 saturated carbocycles. The van der Waals surface area contributed by atoms with Crippen molar-refractivity contribution in [3.8, 4) is 0 Å². The molecule has 3 aromatic rings. The largest absolute Gasteiger partial charge is 0.444 e. The molecule has 140 valence electrons. The van der Waals surface area contributed by atoms with Crippen LogP contribution in [0.15, 0.2) is 48.7 Å². The summed E-state index contributed by atoms with van der Waals surface area (Å²) in [5, 5.41) is 13.6. The number of pyridine rings is 1. The molecule has 1 aromatic carbocycles. The van der Waals surface area contributed by atoms with Gasteiger partial charge in [-0.2, -0.15) is 0 Å². The zero-order valence-electron chi connectivity index (χ0n) is 15.4. The average molecular weight is 367 g/mol. The van der Waals surface area contributed by atoms with Crippen molar-refractivity contribution in [1.82, 2.24) is 19.9 Å². The molecule has 2 aromatic heterocycles. The van der Waals surface area contributed by atoms with E-state index < -0.39 is 11.7 Å². The summed E-state index contributed by atoms with van der Waals surface area (Å²) in [6, 6.07) is 12.1. The number of hydrogen-bond donors (Lipinski definition) is 2. The fourth-order valence-corrected chi connectivity index (χ4v) is 2.40. The van der Waals surface area contributed by atoms with Gasteiger partial charge < -0.3 is 10.1 Å². The van der Waals surface area contributed by atoms with Gasteiger partial charge in [0.05, 0.1) is 6.54 Å². The molecular formula is C19H21N5O3. The van der Waals surface area contributed by atoms with Crippen molar-refractivity contribution < 1.29 is 14.3 Å². The molecule has 2 N–H and O–H groups in total. The van der Waals surface area contributed by atoms with Crippen molar-refractivity contribution in [3.05, 3.63) is 60.0 Å². The third kappa shape index (κ3) is 4.81. The molecule has 3 rings (SSSR count).